The van der Waals surface area contributed by atoms with Crippen LogP contribution in [0.15, 0.2) is 0 Å². The van der Waals surface area contributed by atoms with Crippen molar-refractivity contribution >= 4 is 0 Å². The van der Waals surface area contributed by atoms with E-state index >= 15 is 0 Å². The maximum Gasteiger partial charge on any atom is 0.0135 e. The molecule has 23 fully saturated rings. The van der Waals surface area contributed by atoms with E-state index in [0.717, 1.165) is 190 Å². The van der Waals surface area contributed by atoms with Gasteiger partial charge in [-0.2, -0.15) is 0 Å². The van der Waals surface area contributed by atoms with E-state index in [2.05, 4.69) is 0 Å². The van der Waals surface area contributed by atoms with Gasteiger partial charge in [0, 0.05) is 24.2 Å². The van der Waals surface area contributed by atoms with Crippen LogP contribution in [0.2, 0.25) is 0 Å². The lowest BCUT2D eigenvalue weighted by Crippen LogP contribution is -2.62. The molecule has 0 aromatic heterocycles. The molecule has 23 aliphatic rings. The lowest BCUT2D eigenvalue weighted by atomic mass is 9.40. The van der Waals surface area contributed by atoms with Crippen molar-refractivity contribution in [1.82, 2.24) is 10.6 Å². The topological polar surface area (TPSA) is 24.1 Å². The Morgan fingerprint density at radius 2 is 0.511 bits per heavy atom. The molecule has 23 rings (SSSR count). The summed E-state index contributed by atoms with van der Waals surface area (Å²) in [5.74, 6) is 29.3. The second-order valence-electron chi connectivity index (χ2n) is 40.5. The van der Waals surface area contributed by atoms with Crippen LogP contribution in [0.3, 0.4) is 0 Å². The summed E-state index contributed by atoms with van der Waals surface area (Å²) in [6.45, 7) is 0. The molecule has 27 atom stereocenters. The molecule has 2 N–H and O–H groups in total. The zero-order valence-electron chi connectivity index (χ0n) is 58.5. The highest BCUT2D eigenvalue weighted by atomic mass is 15.1. The minimum Gasteiger partial charge on any atom is -0.310 e. The van der Waals surface area contributed by atoms with Crippen molar-refractivity contribution in [1.29, 1.82) is 0 Å². The first-order valence-corrected chi connectivity index (χ1v) is 44.1. The van der Waals surface area contributed by atoms with E-state index in [9.17, 15) is 0 Å². The fourth-order valence-electron chi connectivity index (χ4n) is 38.1. The Morgan fingerprint density at radius 1 is 0.178 bits per heavy atom. The van der Waals surface area contributed by atoms with E-state index in [4.69, 9.17) is 10.6 Å². The predicted molar refractivity (Wildman–Crippen MR) is 371 cm³/mol. The molecule has 21 aliphatic carbocycles. The van der Waals surface area contributed by atoms with E-state index in [1.165, 1.54) is 25.7 Å². The Hall–Kier alpha value is -0.0800. The number of fused-ring (bicyclic) bond motifs is 15. The smallest absolute Gasteiger partial charge is 0.0135 e. The summed E-state index contributed by atoms with van der Waals surface area (Å²) in [5.41, 5.74) is 1.88. The van der Waals surface area contributed by atoms with E-state index < -0.39 is 0 Å². The maximum atomic E-state index is 5.06. The van der Waals surface area contributed by atoms with Crippen molar-refractivity contribution in [3.63, 3.8) is 0 Å². The summed E-state index contributed by atoms with van der Waals surface area (Å²) in [4.78, 5) is 0. The van der Waals surface area contributed by atoms with Crippen molar-refractivity contribution in [3.8, 4) is 0 Å². The van der Waals surface area contributed by atoms with E-state index in [-0.39, 0.29) is 0 Å². The van der Waals surface area contributed by atoms with Crippen LogP contribution in [0, 0.1) is 182 Å². The molecular formula is C88H140N2. The summed E-state index contributed by atoms with van der Waals surface area (Å²) >= 11 is 0. The van der Waals surface area contributed by atoms with Gasteiger partial charge in [0.15, 0.2) is 0 Å². The first-order chi connectivity index (χ1) is 44.6. The Morgan fingerprint density at radius 3 is 0.967 bits per heavy atom. The van der Waals surface area contributed by atoms with Crippen molar-refractivity contribution in [2.24, 2.45) is 182 Å². The van der Waals surface area contributed by atoms with Crippen molar-refractivity contribution in [2.75, 3.05) is 0 Å². The molecule has 0 radical (unpaired) electrons. The van der Waals surface area contributed by atoms with Crippen molar-refractivity contribution in [3.05, 3.63) is 0 Å². The Balaban J connectivity index is 0.797. The Bertz CT molecular complexity index is 2420. The van der Waals surface area contributed by atoms with Gasteiger partial charge in [-0.05, 0) is 375 Å². The molecule has 2 nitrogen and oxygen atoms in total. The number of hydrogen-bond donors (Lipinski definition) is 2. The first kappa shape index (κ1) is 59.9. The molecule has 2 aliphatic heterocycles. The van der Waals surface area contributed by atoms with Gasteiger partial charge in [0.05, 0.1) is 0 Å². The average Bonchev–Trinajstić information content (AvgIpc) is 1.49. The fraction of sp³-hybridized carbons (Fsp3) is 1.00. The average molecular weight is 1230 g/mol. The van der Waals surface area contributed by atoms with Gasteiger partial charge in [-0.1, -0.05) is 148 Å². The standard InChI is InChI=1S/C88H140N2/c1-2-22-54(23-3-1)61-24-4-5-33-70(61)83-55-42-44-58(45-43-55)88(77-38-18-10-29-66(77)67-30-11-19-39-78(67)88)80-53-60(52-72-69-32-13-21-41-82(69)90-85(72)80)86(73-34-14-6-25-62(73)63-26-7-15-35-74(63)86)57-46-48-59(49-47-57)87(75-36-16-8-27-64(75)65-28-9-17-37-76(65)87)79-51-56(83)50-71-68-31-12-20-40-81(68)89-84(71)79/h54-85,89-90H,1-53H2. The Kier molecular flexibility index (Phi) is 16.0. The van der Waals surface area contributed by atoms with Gasteiger partial charge in [0.2, 0.25) is 0 Å². The van der Waals surface area contributed by atoms with Crippen LogP contribution in [0.4, 0.5) is 0 Å². The molecule has 21 saturated carbocycles. The summed E-state index contributed by atoms with van der Waals surface area (Å²) < 4.78 is 0. The molecule has 8 bridgehead atoms. The van der Waals surface area contributed by atoms with E-state index in [0.29, 0.717) is 16.2 Å². The predicted octanol–water partition coefficient (Wildman–Crippen LogP) is 22.8. The first-order valence-electron chi connectivity index (χ1n) is 44.1. The highest BCUT2D eigenvalue weighted by molar-refractivity contribution is 5.25. The van der Waals surface area contributed by atoms with Gasteiger partial charge in [-0.3, -0.25) is 0 Å². The maximum absolute atomic E-state index is 5.06. The highest BCUT2D eigenvalue weighted by Gasteiger charge is 2.75. The van der Waals surface area contributed by atoms with Gasteiger partial charge < -0.3 is 10.6 Å². The normalized spacial score (nSPS) is 58.9. The second-order valence-corrected chi connectivity index (χ2v) is 40.5. The van der Waals surface area contributed by atoms with Crippen LogP contribution < -0.4 is 10.6 Å². The lowest BCUT2D eigenvalue weighted by Gasteiger charge is -2.65. The molecule has 0 aromatic rings. The molecule has 502 valence electrons. The number of nitrogens with one attached hydrogen (secondary N) is 2. The molecular weight excluding hydrogens is 1080 g/mol. The van der Waals surface area contributed by atoms with Crippen molar-refractivity contribution < 1.29 is 0 Å². The van der Waals surface area contributed by atoms with Crippen LogP contribution in [-0.4, -0.2) is 24.2 Å². The molecule has 2 heterocycles. The number of rotatable bonds is 2. The minimum absolute atomic E-state index is 0.617. The molecule has 2 saturated heterocycles. The third-order valence-corrected chi connectivity index (χ3v) is 39.3. The SMILES string of the molecule is C1CCC(C2CCCCC2C2C3CCC(CC3)C3(C4CCCCC4C4CCCCC43)C3CC(CC4C5CCCCC5NC43)C3(C4CCC(CC4)C4(C5CCCCC5C5CCCCC54)C4CC2CC2C5CCCCC5NC24)C2CCCCC2C2CCCCC23)CC1. The summed E-state index contributed by atoms with van der Waals surface area (Å²) in [6.07, 6.45) is 86.2. The zero-order valence-corrected chi connectivity index (χ0v) is 58.5. The third-order valence-electron chi connectivity index (χ3n) is 39.3. The highest BCUT2D eigenvalue weighted by Crippen LogP contribution is 2.80. The van der Waals surface area contributed by atoms with Gasteiger partial charge in [-0.25, -0.2) is 0 Å². The summed E-state index contributed by atoms with van der Waals surface area (Å²) in [6, 6.07) is 3.43. The monoisotopic (exact) mass is 1230 g/mol. The van der Waals surface area contributed by atoms with Crippen LogP contribution in [-0.2, 0) is 0 Å². The fourth-order valence-corrected chi connectivity index (χ4v) is 38.1. The molecule has 2 heteroatoms. The van der Waals surface area contributed by atoms with Gasteiger partial charge >= 0.3 is 0 Å². The minimum atomic E-state index is 0.617. The third kappa shape index (κ3) is 8.79. The van der Waals surface area contributed by atoms with Crippen LogP contribution >= 0.6 is 0 Å². The summed E-state index contributed by atoms with van der Waals surface area (Å²) in [5, 5.41) is 10.1. The van der Waals surface area contributed by atoms with Crippen LogP contribution in [0.1, 0.15) is 340 Å². The van der Waals surface area contributed by atoms with Gasteiger partial charge in [-0.15, -0.1) is 0 Å². The van der Waals surface area contributed by atoms with E-state index in [1.807, 2.05) is 0 Å². The van der Waals surface area contributed by atoms with Crippen LogP contribution in [0.25, 0.3) is 0 Å². The molecule has 3 spiro atoms. The molecule has 0 aromatic carbocycles. The zero-order chi connectivity index (χ0) is 58.9. The molecule has 90 heavy (non-hydrogen) atoms. The second kappa shape index (κ2) is 24.1. The summed E-state index contributed by atoms with van der Waals surface area (Å²) in [7, 11) is 0. The van der Waals surface area contributed by atoms with E-state index in [1.54, 1.807) is 315 Å². The quantitative estimate of drug-likeness (QED) is 0.288. The Labute approximate surface area is 553 Å². The van der Waals surface area contributed by atoms with Gasteiger partial charge in [0.1, 0.15) is 0 Å². The largest absolute Gasteiger partial charge is 0.310 e. The van der Waals surface area contributed by atoms with Crippen molar-refractivity contribution in [2.45, 2.75) is 364 Å². The molecule has 0 amide bonds. The molecule has 27 unspecified atom stereocenters. The lowest BCUT2D eigenvalue weighted by molar-refractivity contribution is -0.160. The van der Waals surface area contributed by atoms with Gasteiger partial charge in [0.25, 0.3) is 0 Å². The van der Waals surface area contributed by atoms with Crippen LogP contribution in [0.5, 0.6) is 0 Å². The number of hydrogen-bond acceptors (Lipinski definition) is 2.